The topological polar surface area (TPSA) is 62.3 Å². The van der Waals surface area contributed by atoms with Gasteiger partial charge in [-0.05, 0) is 25.0 Å². The minimum Gasteiger partial charge on any atom is -0.351 e. The second-order valence-corrected chi connectivity index (χ2v) is 4.83. The van der Waals surface area contributed by atoms with Crippen molar-refractivity contribution < 1.29 is 9.59 Å². The number of carbonyl (C=O) groups is 2. The lowest BCUT2D eigenvalue weighted by Gasteiger charge is -2.15. The van der Waals surface area contributed by atoms with E-state index >= 15 is 0 Å². The maximum absolute atomic E-state index is 11.7. The second-order valence-electron chi connectivity index (χ2n) is 4.44. The van der Waals surface area contributed by atoms with Gasteiger partial charge in [0.25, 0.3) is 5.91 Å². The molecule has 0 atom stereocenters. The summed E-state index contributed by atoms with van der Waals surface area (Å²) in [5.41, 5.74) is 0.310. The molecular formula is C13H16ClN3O2. The van der Waals surface area contributed by atoms with E-state index in [-0.39, 0.29) is 11.8 Å². The number of carbonyl (C=O) groups excluding carboxylic acids is 2. The number of likely N-dealkylation sites (tertiary alicyclic amines) is 1. The summed E-state index contributed by atoms with van der Waals surface area (Å²) >= 11 is 5.72. The molecule has 6 heteroatoms. The van der Waals surface area contributed by atoms with Gasteiger partial charge in [0.2, 0.25) is 5.91 Å². The molecule has 0 unspecified atom stereocenters. The standard InChI is InChI=1S/C13H16ClN3O2/c14-11-5-1-4-10(16-11)13(19)15-7-3-9-17-8-2-6-12(17)18/h1,4-5H,2-3,6-9H2,(H,15,19). The summed E-state index contributed by atoms with van der Waals surface area (Å²) in [5, 5.41) is 3.07. The fraction of sp³-hybridized carbons (Fsp3) is 0.462. The van der Waals surface area contributed by atoms with Crippen LogP contribution < -0.4 is 5.32 Å². The van der Waals surface area contributed by atoms with Crippen molar-refractivity contribution in [2.45, 2.75) is 19.3 Å². The van der Waals surface area contributed by atoms with E-state index in [1.54, 1.807) is 18.2 Å². The zero-order valence-corrected chi connectivity index (χ0v) is 11.3. The first-order valence-electron chi connectivity index (χ1n) is 6.35. The van der Waals surface area contributed by atoms with E-state index in [0.29, 0.717) is 30.4 Å². The molecule has 1 aromatic heterocycles. The summed E-state index contributed by atoms with van der Waals surface area (Å²) in [6.07, 6.45) is 2.34. The van der Waals surface area contributed by atoms with Gasteiger partial charge in [0, 0.05) is 26.1 Å². The second kappa shape index (κ2) is 6.52. The maximum Gasteiger partial charge on any atom is 0.269 e. The first-order chi connectivity index (χ1) is 9.16. The predicted octanol–water partition coefficient (Wildman–Crippen LogP) is 1.48. The van der Waals surface area contributed by atoms with Gasteiger partial charge in [-0.1, -0.05) is 17.7 Å². The molecule has 1 aliphatic rings. The van der Waals surface area contributed by atoms with E-state index < -0.39 is 0 Å². The number of amides is 2. The summed E-state index contributed by atoms with van der Waals surface area (Å²) in [7, 11) is 0. The summed E-state index contributed by atoms with van der Waals surface area (Å²) in [6, 6.07) is 4.93. The summed E-state index contributed by atoms with van der Waals surface area (Å²) < 4.78 is 0. The Morgan fingerprint density at radius 3 is 3.00 bits per heavy atom. The Morgan fingerprint density at radius 2 is 2.32 bits per heavy atom. The fourth-order valence-corrected chi connectivity index (χ4v) is 2.20. The third-order valence-electron chi connectivity index (χ3n) is 3.01. The molecule has 0 spiro atoms. The van der Waals surface area contributed by atoms with Crippen LogP contribution in [-0.4, -0.2) is 41.3 Å². The van der Waals surface area contributed by atoms with Crippen molar-refractivity contribution in [1.82, 2.24) is 15.2 Å². The van der Waals surface area contributed by atoms with Crippen LogP contribution in [0.15, 0.2) is 18.2 Å². The highest BCUT2D eigenvalue weighted by Crippen LogP contribution is 2.09. The van der Waals surface area contributed by atoms with Gasteiger partial charge in [0.1, 0.15) is 10.8 Å². The van der Waals surface area contributed by atoms with Crippen molar-refractivity contribution in [1.29, 1.82) is 0 Å². The Hall–Kier alpha value is -1.62. The van der Waals surface area contributed by atoms with Gasteiger partial charge in [0.05, 0.1) is 0 Å². The van der Waals surface area contributed by atoms with Crippen LogP contribution in [0.3, 0.4) is 0 Å². The lowest BCUT2D eigenvalue weighted by atomic mass is 10.3. The molecule has 0 aliphatic carbocycles. The minimum absolute atomic E-state index is 0.211. The first kappa shape index (κ1) is 13.8. The summed E-state index contributed by atoms with van der Waals surface area (Å²) in [5.74, 6) is -0.0296. The molecule has 1 aliphatic heterocycles. The molecule has 19 heavy (non-hydrogen) atoms. The van der Waals surface area contributed by atoms with E-state index in [2.05, 4.69) is 10.3 Å². The van der Waals surface area contributed by atoms with Crippen LogP contribution in [0.1, 0.15) is 29.8 Å². The van der Waals surface area contributed by atoms with Crippen LogP contribution in [0.25, 0.3) is 0 Å². The Labute approximate surface area is 117 Å². The van der Waals surface area contributed by atoms with Gasteiger partial charge >= 0.3 is 0 Å². The normalized spacial score (nSPS) is 14.8. The highest BCUT2D eigenvalue weighted by Gasteiger charge is 2.19. The molecule has 1 fully saturated rings. The number of nitrogens with zero attached hydrogens (tertiary/aromatic N) is 2. The van der Waals surface area contributed by atoms with Gasteiger partial charge < -0.3 is 10.2 Å². The number of pyridine rings is 1. The minimum atomic E-state index is -0.241. The van der Waals surface area contributed by atoms with Crippen molar-refractivity contribution in [2.24, 2.45) is 0 Å². The highest BCUT2D eigenvalue weighted by molar-refractivity contribution is 6.29. The van der Waals surface area contributed by atoms with E-state index in [1.807, 2.05) is 4.90 Å². The first-order valence-corrected chi connectivity index (χ1v) is 6.73. The van der Waals surface area contributed by atoms with Gasteiger partial charge in [-0.25, -0.2) is 4.98 Å². The summed E-state index contributed by atoms with van der Waals surface area (Å²) in [4.78, 5) is 28.9. The van der Waals surface area contributed by atoms with Crippen molar-refractivity contribution >= 4 is 23.4 Å². The molecule has 2 rings (SSSR count). The molecule has 0 aromatic carbocycles. The van der Waals surface area contributed by atoms with Crippen LogP contribution >= 0.6 is 11.6 Å². The monoisotopic (exact) mass is 281 g/mol. The molecule has 1 saturated heterocycles. The van der Waals surface area contributed by atoms with Gasteiger partial charge in [-0.15, -0.1) is 0 Å². The average Bonchev–Trinajstić information content (AvgIpc) is 2.80. The van der Waals surface area contributed by atoms with Gasteiger partial charge in [-0.3, -0.25) is 9.59 Å². The molecule has 0 bridgehead atoms. The number of nitrogens with one attached hydrogen (secondary N) is 1. The molecule has 0 radical (unpaired) electrons. The van der Waals surface area contributed by atoms with Crippen molar-refractivity contribution in [3.63, 3.8) is 0 Å². The van der Waals surface area contributed by atoms with Crippen LogP contribution in [0.4, 0.5) is 0 Å². The number of rotatable bonds is 5. The van der Waals surface area contributed by atoms with Gasteiger partial charge in [-0.2, -0.15) is 0 Å². The fourth-order valence-electron chi connectivity index (χ4n) is 2.04. The lowest BCUT2D eigenvalue weighted by molar-refractivity contribution is -0.127. The predicted molar refractivity (Wildman–Crippen MR) is 72.0 cm³/mol. The molecule has 0 saturated carbocycles. The van der Waals surface area contributed by atoms with Crippen molar-refractivity contribution in [2.75, 3.05) is 19.6 Å². The molecule has 5 nitrogen and oxygen atoms in total. The maximum atomic E-state index is 11.7. The van der Waals surface area contributed by atoms with Crippen molar-refractivity contribution in [3.05, 3.63) is 29.0 Å². The third kappa shape index (κ3) is 3.92. The Kier molecular flexibility index (Phi) is 4.74. The van der Waals surface area contributed by atoms with E-state index in [9.17, 15) is 9.59 Å². The average molecular weight is 282 g/mol. The largest absolute Gasteiger partial charge is 0.351 e. The third-order valence-corrected chi connectivity index (χ3v) is 3.22. The van der Waals surface area contributed by atoms with E-state index in [1.165, 1.54) is 0 Å². The molecule has 1 N–H and O–H groups in total. The number of aromatic nitrogens is 1. The lowest BCUT2D eigenvalue weighted by Crippen LogP contribution is -2.30. The smallest absolute Gasteiger partial charge is 0.269 e. The number of halogens is 1. The Balaban J connectivity index is 1.71. The van der Waals surface area contributed by atoms with Crippen molar-refractivity contribution in [3.8, 4) is 0 Å². The van der Waals surface area contributed by atoms with E-state index in [4.69, 9.17) is 11.6 Å². The number of hydrogen-bond donors (Lipinski definition) is 1. The van der Waals surface area contributed by atoms with E-state index in [0.717, 1.165) is 19.4 Å². The van der Waals surface area contributed by atoms with Crippen LogP contribution in [-0.2, 0) is 4.79 Å². The highest BCUT2D eigenvalue weighted by atomic mass is 35.5. The molecule has 2 heterocycles. The van der Waals surface area contributed by atoms with Crippen LogP contribution in [0, 0.1) is 0 Å². The molecular weight excluding hydrogens is 266 g/mol. The zero-order chi connectivity index (χ0) is 13.7. The molecule has 102 valence electrons. The van der Waals surface area contributed by atoms with Crippen LogP contribution in [0.2, 0.25) is 5.15 Å². The number of hydrogen-bond acceptors (Lipinski definition) is 3. The van der Waals surface area contributed by atoms with Crippen LogP contribution in [0.5, 0.6) is 0 Å². The SMILES string of the molecule is O=C(NCCCN1CCCC1=O)c1cccc(Cl)n1. The Morgan fingerprint density at radius 1 is 1.47 bits per heavy atom. The zero-order valence-electron chi connectivity index (χ0n) is 10.6. The quantitative estimate of drug-likeness (QED) is 0.657. The Bertz CT molecular complexity index is 479. The molecule has 1 aromatic rings. The van der Waals surface area contributed by atoms with Gasteiger partial charge in [0.15, 0.2) is 0 Å². The summed E-state index contributed by atoms with van der Waals surface area (Å²) in [6.45, 7) is 2.06. The molecule has 2 amide bonds.